The van der Waals surface area contributed by atoms with Crippen molar-refractivity contribution in [1.29, 1.82) is 5.26 Å². The Labute approximate surface area is 117 Å². The topological polar surface area (TPSA) is 82.8 Å². The summed E-state index contributed by atoms with van der Waals surface area (Å²) < 4.78 is 65.3. The number of halogens is 3. The Bertz CT molecular complexity index is 847. The van der Waals surface area contributed by atoms with Gasteiger partial charge in [-0.15, -0.1) is 0 Å². The van der Waals surface area contributed by atoms with Gasteiger partial charge in [0.25, 0.3) is 10.0 Å². The van der Waals surface area contributed by atoms with E-state index in [0.717, 1.165) is 6.07 Å². The lowest BCUT2D eigenvalue weighted by molar-refractivity contribution is 0.498. The lowest BCUT2D eigenvalue weighted by Gasteiger charge is -2.10. The summed E-state index contributed by atoms with van der Waals surface area (Å²) in [5.74, 6) is -4.25. The van der Waals surface area contributed by atoms with E-state index in [4.69, 9.17) is 5.26 Å². The molecule has 0 spiro atoms. The van der Waals surface area contributed by atoms with Crippen LogP contribution in [-0.2, 0) is 10.0 Å². The quantitative estimate of drug-likeness (QED) is 0.880. The molecule has 0 unspecified atom stereocenters. The summed E-state index contributed by atoms with van der Waals surface area (Å²) in [7, 11) is -4.42. The minimum Gasteiger partial charge on any atom is -0.276 e. The lowest BCUT2D eigenvalue weighted by Crippen LogP contribution is -2.16. The van der Waals surface area contributed by atoms with Crippen molar-refractivity contribution in [3.05, 3.63) is 53.6 Å². The van der Waals surface area contributed by atoms with Crippen LogP contribution in [0.25, 0.3) is 0 Å². The molecule has 0 amide bonds. The van der Waals surface area contributed by atoms with Gasteiger partial charge in [-0.2, -0.15) is 5.26 Å². The summed E-state index contributed by atoms with van der Waals surface area (Å²) in [6, 6.07) is 4.62. The molecule has 5 nitrogen and oxygen atoms in total. The van der Waals surface area contributed by atoms with Gasteiger partial charge in [-0.05, 0) is 12.1 Å². The summed E-state index contributed by atoms with van der Waals surface area (Å²) in [6.07, 6.45) is 1.19. The number of benzene rings is 1. The zero-order valence-electron chi connectivity index (χ0n) is 10.1. The van der Waals surface area contributed by atoms with Crippen LogP contribution in [0.3, 0.4) is 0 Å². The smallest absolute Gasteiger partial charge is 0.264 e. The maximum absolute atomic E-state index is 13.5. The van der Waals surface area contributed by atoms with Crippen LogP contribution in [0.2, 0.25) is 0 Å². The minimum atomic E-state index is -4.42. The summed E-state index contributed by atoms with van der Waals surface area (Å²) in [5, 5.41) is 8.79. The average Bonchev–Trinajstić information content (AvgIpc) is 2.44. The highest BCUT2D eigenvalue weighted by Crippen LogP contribution is 2.23. The van der Waals surface area contributed by atoms with E-state index in [1.807, 2.05) is 0 Å². The van der Waals surface area contributed by atoms with E-state index in [1.165, 1.54) is 12.3 Å². The number of rotatable bonds is 3. The van der Waals surface area contributed by atoms with E-state index in [1.54, 1.807) is 10.8 Å². The van der Waals surface area contributed by atoms with Crippen molar-refractivity contribution in [3.8, 4) is 6.07 Å². The van der Waals surface area contributed by atoms with Crippen molar-refractivity contribution in [1.82, 2.24) is 4.98 Å². The monoisotopic (exact) mass is 313 g/mol. The summed E-state index contributed by atoms with van der Waals surface area (Å²) in [5.41, 5.74) is -1.33. The molecule has 0 saturated carbocycles. The van der Waals surface area contributed by atoms with Crippen molar-refractivity contribution in [2.45, 2.75) is 4.90 Å². The van der Waals surface area contributed by atoms with Crippen molar-refractivity contribution < 1.29 is 21.6 Å². The van der Waals surface area contributed by atoms with Gasteiger partial charge >= 0.3 is 0 Å². The minimum absolute atomic E-state index is 0.276. The first-order valence-corrected chi connectivity index (χ1v) is 6.86. The number of aromatic nitrogens is 1. The molecule has 0 bridgehead atoms. The number of hydrogen-bond donors (Lipinski definition) is 1. The summed E-state index contributed by atoms with van der Waals surface area (Å²) in [6.45, 7) is 0. The highest BCUT2D eigenvalue weighted by molar-refractivity contribution is 7.92. The first-order chi connectivity index (χ1) is 9.85. The molecule has 0 atom stereocenters. The van der Waals surface area contributed by atoms with Crippen molar-refractivity contribution in [2.24, 2.45) is 0 Å². The fourth-order valence-corrected chi connectivity index (χ4v) is 2.68. The number of nitrogens with zero attached hydrogens (tertiary/aromatic N) is 2. The average molecular weight is 313 g/mol. The second-order valence-corrected chi connectivity index (χ2v) is 5.47. The molecule has 0 aliphatic heterocycles. The molecule has 108 valence electrons. The van der Waals surface area contributed by atoms with Crippen molar-refractivity contribution in [2.75, 3.05) is 4.72 Å². The second kappa shape index (κ2) is 5.41. The molecule has 2 rings (SSSR count). The lowest BCUT2D eigenvalue weighted by atomic mass is 10.3. The molecule has 0 radical (unpaired) electrons. The van der Waals surface area contributed by atoms with Crippen molar-refractivity contribution >= 4 is 15.7 Å². The Balaban J connectivity index is 2.51. The van der Waals surface area contributed by atoms with Crippen LogP contribution in [0.5, 0.6) is 0 Å². The van der Waals surface area contributed by atoms with Gasteiger partial charge in [-0.3, -0.25) is 4.72 Å². The van der Waals surface area contributed by atoms with Crippen molar-refractivity contribution in [3.63, 3.8) is 0 Å². The van der Waals surface area contributed by atoms with Crippen LogP contribution in [0, 0.1) is 28.8 Å². The molecule has 1 heterocycles. The number of sulfonamides is 1. The molecular formula is C12H6F3N3O2S. The van der Waals surface area contributed by atoms with Crippen LogP contribution >= 0.6 is 0 Å². The zero-order chi connectivity index (χ0) is 15.6. The second-order valence-electron chi connectivity index (χ2n) is 3.82. The van der Waals surface area contributed by atoms with Crippen LogP contribution < -0.4 is 4.72 Å². The number of nitrogens with one attached hydrogen (secondary N) is 1. The van der Waals surface area contributed by atoms with E-state index in [0.29, 0.717) is 6.07 Å². The molecule has 0 saturated heterocycles. The van der Waals surface area contributed by atoms with Crippen LogP contribution in [0.1, 0.15) is 5.69 Å². The summed E-state index contributed by atoms with van der Waals surface area (Å²) in [4.78, 5) is 3.01. The molecule has 0 aliphatic rings. The van der Waals surface area contributed by atoms with Gasteiger partial charge in [0.1, 0.15) is 16.8 Å². The Morgan fingerprint density at radius 3 is 2.62 bits per heavy atom. The molecule has 9 heteroatoms. The summed E-state index contributed by atoms with van der Waals surface area (Å²) >= 11 is 0. The van der Waals surface area contributed by atoms with Gasteiger partial charge in [0.05, 0.1) is 5.69 Å². The maximum Gasteiger partial charge on any atom is 0.264 e. The Morgan fingerprint density at radius 2 is 1.95 bits per heavy atom. The Kier molecular flexibility index (Phi) is 3.82. The zero-order valence-corrected chi connectivity index (χ0v) is 11.0. The molecule has 1 N–H and O–H groups in total. The Morgan fingerprint density at radius 1 is 1.24 bits per heavy atom. The van der Waals surface area contributed by atoms with Crippen LogP contribution in [-0.4, -0.2) is 13.4 Å². The third kappa shape index (κ3) is 2.95. The van der Waals surface area contributed by atoms with E-state index < -0.39 is 43.8 Å². The molecule has 1 aromatic heterocycles. The fraction of sp³-hybridized carbons (Fsp3) is 0. The maximum atomic E-state index is 13.5. The van der Waals surface area contributed by atoms with E-state index >= 15 is 0 Å². The van der Waals surface area contributed by atoms with Gasteiger partial charge in [0, 0.05) is 18.3 Å². The van der Waals surface area contributed by atoms with Crippen LogP contribution in [0.15, 0.2) is 35.4 Å². The van der Waals surface area contributed by atoms with Gasteiger partial charge in [0.15, 0.2) is 17.3 Å². The predicted molar refractivity (Wildman–Crippen MR) is 66.1 cm³/mol. The molecule has 1 aromatic carbocycles. The first-order valence-electron chi connectivity index (χ1n) is 5.37. The third-order valence-electron chi connectivity index (χ3n) is 2.40. The molecule has 0 aliphatic carbocycles. The first kappa shape index (κ1) is 14.8. The van der Waals surface area contributed by atoms with Gasteiger partial charge in [-0.1, -0.05) is 0 Å². The highest BCUT2D eigenvalue weighted by Gasteiger charge is 2.22. The van der Waals surface area contributed by atoms with E-state index in [2.05, 4.69) is 4.98 Å². The normalized spacial score (nSPS) is 11.0. The predicted octanol–water partition coefficient (Wildman–Crippen LogP) is 2.17. The van der Waals surface area contributed by atoms with E-state index in [9.17, 15) is 21.6 Å². The van der Waals surface area contributed by atoms with Gasteiger partial charge < -0.3 is 0 Å². The fourth-order valence-electron chi connectivity index (χ4n) is 1.52. The highest BCUT2D eigenvalue weighted by atomic mass is 32.2. The van der Waals surface area contributed by atoms with Gasteiger partial charge in [0.2, 0.25) is 0 Å². The van der Waals surface area contributed by atoms with Crippen LogP contribution in [0.4, 0.5) is 18.9 Å². The largest absolute Gasteiger partial charge is 0.276 e. The molecule has 2 aromatic rings. The number of hydrogen-bond acceptors (Lipinski definition) is 4. The number of anilines is 1. The SMILES string of the molecule is N#Cc1ncccc1S(=O)(=O)Nc1cc(F)cc(F)c1F. The molecule has 21 heavy (non-hydrogen) atoms. The molecular weight excluding hydrogens is 307 g/mol. The molecule has 0 fully saturated rings. The van der Waals surface area contributed by atoms with Gasteiger partial charge in [-0.25, -0.2) is 26.6 Å². The number of pyridine rings is 1. The standard InChI is InChI=1S/C12H6F3N3O2S/c13-7-4-8(14)12(15)9(5-7)18-21(19,20)11-2-1-3-17-10(11)6-16/h1-5,18H. The third-order valence-corrected chi connectivity index (χ3v) is 3.80. The number of nitriles is 1. The van der Waals surface area contributed by atoms with E-state index in [-0.39, 0.29) is 6.07 Å². The Hall–Kier alpha value is -2.60.